The second-order valence-corrected chi connectivity index (χ2v) is 3.69. The van der Waals surface area contributed by atoms with E-state index in [2.05, 4.69) is 5.32 Å². The molecule has 0 bridgehead atoms. The molecule has 92 valence electrons. The molecule has 0 aromatic heterocycles. The average molecular weight is 238 g/mol. The van der Waals surface area contributed by atoms with Gasteiger partial charge in [0.2, 0.25) is 0 Å². The molecule has 0 atom stereocenters. The van der Waals surface area contributed by atoms with Crippen molar-refractivity contribution in [3.8, 4) is 0 Å². The molecular weight excluding hydrogens is 224 g/mol. The molecule has 0 fully saturated rings. The van der Waals surface area contributed by atoms with Gasteiger partial charge in [0.05, 0.1) is 11.3 Å². The number of benzene rings is 1. The van der Waals surface area contributed by atoms with E-state index in [1.165, 1.54) is 12.1 Å². The van der Waals surface area contributed by atoms with Crippen molar-refractivity contribution in [3.63, 3.8) is 0 Å². The minimum Gasteiger partial charge on any atom is -0.481 e. The van der Waals surface area contributed by atoms with Crippen molar-refractivity contribution in [3.05, 3.63) is 39.4 Å². The third kappa shape index (κ3) is 4.20. The van der Waals surface area contributed by atoms with Gasteiger partial charge in [0, 0.05) is 25.2 Å². The molecule has 6 heteroatoms. The summed E-state index contributed by atoms with van der Waals surface area (Å²) in [5.41, 5.74) is 1.82. The molecule has 17 heavy (non-hydrogen) atoms. The number of rotatable bonds is 6. The first kappa shape index (κ1) is 13.1. The van der Waals surface area contributed by atoms with Gasteiger partial charge in [-0.1, -0.05) is 6.07 Å². The number of nitro benzene ring substituents is 1. The Hall–Kier alpha value is -1.95. The summed E-state index contributed by atoms with van der Waals surface area (Å²) in [6, 6.07) is 4.64. The van der Waals surface area contributed by atoms with E-state index in [4.69, 9.17) is 5.11 Å². The van der Waals surface area contributed by atoms with Crippen LogP contribution in [-0.2, 0) is 11.3 Å². The lowest BCUT2D eigenvalue weighted by Crippen LogP contribution is -2.18. The Morgan fingerprint density at radius 3 is 2.76 bits per heavy atom. The lowest BCUT2D eigenvalue weighted by atomic mass is 10.1. The zero-order valence-corrected chi connectivity index (χ0v) is 9.47. The van der Waals surface area contributed by atoms with Gasteiger partial charge >= 0.3 is 5.97 Å². The smallest absolute Gasteiger partial charge is 0.304 e. The molecule has 0 saturated heterocycles. The molecule has 6 nitrogen and oxygen atoms in total. The van der Waals surface area contributed by atoms with Crippen molar-refractivity contribution in [2.45, 2.75) is 19.9 Å². The maximum atomic E-state index is 10.5. The molecule has 0 amide bonds. The highest BCUT2D eigenvalue weighted by Gasteiger charge is 2.07. The number of nitro groups is 1. The lowest BCUT2D eigenvalue weighted by Gasteiger charge is -2.06. The number of hydrogen-bond donors (Lipinski definition) is 2. The summed E-state index contributed by atoms with van der Waals surface area (Å²) in [4.78, 5) is 20.4. The van der Waals surface area contributed by atoms with E-state index in [9.17, 15) is 14.9 Å². The molecule has 0 heterocycles. The number of nitrogens with one attached hydrogen (secondary N) is 1. The maximum Gasteiger partial charge on any atom is 0.304 e. The van der Waals surface area contributed by atoms with Gasteiger partial charge in [-0.05, 0) is 18.1 Å². The summed E-state index contributed by atoms with van der Waals surface area (Å²) in [7, 11) is 0. The Bertz CT molecular complexity index is 431. The largest absolute Gasteiger partial charge is 0.481 e. The van der Waals surface area contributed by atoms with E-state index in [1.54, 1.807) is 13.0 Å². The van der Waals surface area contributed by atoms with Crippen LogP contribution in [0.1, 0.15) is 17.5 Å². The molecule has 0 unspecified atom stereocenters. The molecule has 0 aliphatic carbocycles. The van der Waals surface area contributed by atoms with Gasteiger partial charge in [-0.15, -0.1) is 0 Å². The van der Waals surface area contributed by atoms with Crippen LogP contribution in [0.4, 0.5) is 5.69 Å². The third-order valence-electron chi connectivity index (χ3n) is 2.37. The minimum atomic E-state index is -0.849. The van der Waals surface area contributed by atoms with Crippen LogP contribution in [0, 0.1) is 17.0 Å². The quantitative estimate of drug-likeness (QED) is 0.444. The zero-order valence-electron chi connectivity index (χ0n) is 9.47. The third-order valence-corrected chi connectivity index (χ3v) is 2.37. The summed E-state index contributed by atoms with van der Waals surface area (Å²) < 4.78 is 0. The van der Waals surface area contributed by atoms with Crippen LogP contribution in [0.5, 0.6) is 0 Å². The van der Waals surface area contributed by atoms with Crippen LogP contribution >= 0.6 is 0 Å². The molecule has 0 aliphatic heterocycles. The Morgan fingerprint density at radius 1 is 1.53 bits per heavy atom. The van der Waals surface area contributed by atoms with Crippen LogP contribution in [-0.4, -0.2) is 22.5 Å². The zero-order chi connectivity index (χ0) is 12.8. The van der Waals surface area contributed by atoms with E-state index in [1.807, 2.05) is 0 Å². The second-order valence-electron chi connectivity index (χ2n) is 3.69. The highest BCUT2D eigenvalue weighted by molar-refractivity contribution is 5.66. The fourth-order valence-corrected chi connectivity index (χ4v) is 1.41. The highest BCUT2D eigenvalue weighted by Crippen LogP contribution is 2.16. The normalized spacial score (nSPS) is 10.2. The summed E-state index contributed by atoms with van der Waals surface area (Å²) >= 11 is 0. The maximum absolute atomic E-state index is 10.5. The number of carbonyl (C=O) groups is 1. The number of hydrogen-bond acceptors (Lipinski definition) is 4. The van der Waals surface area contributed by atoms with E-state index in [0.717, 1.165) is 11.1 Å². The molecule has 1 aromatic rings. The van der Waals surface area contributed by atoms with Gasteiger partial charge < -0.3 is 10.4 Å². The van der Waals surface area contributed by atoms with E-state index < -0.39 is 10.9 Å². The number of aryl methyl sites for hydroxylation is 1. The molecule has 0 saturated carbocycles. The first-order valence-electron chi connectivity index (χ1n) is 5.17. The van der Waals surface area contributed by atoms with Gasteiger partial charge in [-0.25, -0.2) is 0 Å². The standard InChI is InChI=1S/C11H14N2O4/c1-8-6-10(13(16)17)3-2-9(8)7-12-5-4-11(14)15/h2-3,6,12H,4-5,7H2,1H3,(H,14,15). The molecule has 0 spiro atoms. The van der Waals surface area contributed by atoms with Crippen molar-refractivity contribution in [2.75, 3.05) is 6.54 Å². The average Bonchev–Trinajstić information content (AvgIpc) is 2.25. The van der Waals surface area contributed by atoms with Gasteiger partial charge in [-0.3, -0.25) is 14.9 Å². The van der Waals surface area contributed by atoms with Gasteiger partial charge in [-0.2, -0.15) is 0 Å². The Labute approximate surface area is 98.4 Å². The highest BCUT2D eigenvalue weighted by atomic mass is 16.6. The fourth-order valence-electron chi connectivity index (χ4n) is 1.41. The monoisotopic (exact) mass is 238 g/mol. The number of nitrogens with zero attached hydrogens (tertiary/aromatic N) is 1. The van der Waals surface area contributed by atoms with Gasteiger partial charge in [0.25, 0.3) is 5.69 Å². The van der Waals surface area contributed by atoms with Crippen LogP contribution in [0.2, 0.25) is 0 Å². The molecule has 1 rings (SSSR count). The molecular formula is C11H14N2O4. The molecule has 0 aliphatic rings. The molecule has 1 aromatic carbocycles. The van der Waals surface area contributed by atoms with Gasteiger partial charge in [0.1, 0.15) is 0 Å². The molecule has 2 N–H and O–H groups in total. The van der Waals surface area contributed by atoms with Crippen LogP contribution in [0.15, 0.2) is 18.2 Å². The van der Waals surface area contributed by atoms with Crippen molar-refractivity contribution in [2.24, 2.45) is 0 Å². The molecule has 0 radical (unpaired) electrons. The predicted octanol–water partition coefficient (Wildman–Crippen LogP) is 1.47. The summed E-state index contributed by atoms with van der Waals surface area (Å²) in [6.07, 6.45) is 0.0615. The first-order chi connectivity index (χ1) is 8.00. The first-order valence-corrected chi connectivity index (χ1v) is 5.17. The number of carboxylic acid groups (broad SMARTS) is 1. The Morgan fingerprint density at radius 2 is 2.24 bits per heavy atom. The van der Waals surface area contributed by atoms with E-state index in [-0.39, 0.29) is 12.1 Å². The van der Waals surface area contributed by atoms with Crippen LogP contribution < -0.4 is 5.32 Å². The summed E-state index contributed by atoms with van der Waals surface area (Å²) in [6.45, 7) is 2.68. The predicted molar refractivity (Wildman–Crippen MR) is 61.8 cm³/mol. The second kappa shape index (κ2) is 5.95. The number of aliphatic carboxylic acids is 1. The summed E-state index contributed by atoms with van der Waals surface area (Å²) in [5, 5.41) is 21.9. The minimum absolute atomic E-state index is 0.0615. The van der Waals surface area contributed by atoms with Crippen molar-refractivity contribution >= 4 is 11.7 Å². The topological polar surface area (TPSA) is 92.5 Å². The van der Waals surface area contributed by atoms with E-state index in [0.29, 0.717) is 13.1 Å². The van der Waals surface area contributed by atoms with E-state index >= 15 is 0 Å². The van der Waals surface area contributed by atoms with Crippen LogP contribution in [0.25, 0.3) is 0 Å². The van der Waals surface area contributed by atoms with Crippen molar-refractivity contribution in [1.82, 2.24) is 5.32 Å². The Kier molecular flexibility index (Phi) is 4.59. The summed E-state index contributed by atoms with van der Waals surface area (Å²) in [5.74, 6) is -0.849. The lowest BCUT2D eigenvalue weighted by molar-refractivity contribution is -0.384. The number of carboxylic acids is 1. The SMILES string of the molecule is Cc1cc([N+](=O)[O-])ccc1CNCCC(=O)O. The number of non-ortho nitro benzene ring substituents is 1. The van der Waals surface area contributed by atoms with Crippen molar-refractivity contribution < 1.29 is 14.8 Å². The fraction of sp³-hybridized carbons (Fsp3) is 0.364. The van der Waals surface area contributed by atoms with Crippen molar-refractivity contribution in [1.29, 1.82) is 0 Å². The Balaban J connectivity index is 2.54. The van der Waals surface area contributed by atoms with Crippen LogP contribution in [0.3, 0.4) is 0 Å². The van der Waals surface area contributed by atoms with Gasteiger partial charge in [0.15, 0.2) is 0 Å².